The van der Waals surface area contributed by atoms with Crippen LogP contribution in [0, 0.1) is 13.8 Å². The minimum absolute atomic E-state index is 0.150. The average Bonchev–Trinajstić information content (AvgIpc) is 2.69. The number of sulfonamides is 1. The summed E-state index contributed by atoms with van der Waals surface area (Å²) < 4.78 is 27.5. The molecule has 1 saturated heterocycles. The van der Waals surface area contributed by atoms with E-state index in [0.29, 0.717) is 34.8 Å². The van der Waals surface area contributed by atoms with Crippen LogP contribution in [-0.2, 0) is 14.8 Å². The van der Waals surface area contributed by atoms with Crippen LogP contribution in [0.4, 0.5) is 5.69 Å². The third kappa shape index (κ3) is 4.65. The molecule has 0 saturated carbocycles. The molecular weight excluding hydrogens is 390 g/mol. The molecule has 0 aromatic heterocycles. The van der Waals surface area contributed by atoms with E-state index in [0.717, 1.165) is 5.56 Å². The monoisotopic (exact) mass is 415 g/mol. The lowest BCUT2D eigenvalue weighted by atomic mass is 10.1. The van der Waals surface area contributed by atoms with Crippen LogP contribution in [0.1, 0.15) is 28.4 Å². The number of anilines is 1. The fourth-order valence-corrected chi connectivity index (χ4v) is 5.07. The minimum atomic E-state index is -3.59. The first-order valence-corrected chi connectivity index (χ1v) is 10.9. The summed E-state index contributed by atoms with van der Waals surface area (Å²) in [6, 6.07) is 12.1. The van der Waals surface area contributed by atoms with Crippen molar-refractivity contribution in [1.29, 1.82) is 0 Å². The fourth-order valence-electron chi connectivity index (χ4n) is 3.34. The molecule has 0 radical (unpaired) electrons. The molecule has 2 aromatic carbocycles. The Kier molecular flexibility index (Phi) is 6.04. The molecule has 154 valence electrons. The van der Waals surface area contributed by atoms with Gasteiger partial charge in [-0.2, -0.15) is 4.31 Å². The predicted molar refractivity (Wildman–Crippen MR) is 111 cm³/mol. The topological polar surface area (TPSA) is 86.8 Å². The number of carbonyl (C=O) groups is 2. The largest absolute Gasteiger partial charge is 0.336 e. The van der Waals surface area contributed by atoms with Gasteiger partial charge in [0.05, 0.1) is 4.90 Å². The van der Waals surface area contributed by atoms with E-state index >= 15 is 0 Å². The summed E-state index contributed by atoms with van der Waals surface area (Å²) in [7, 11) is -3.59. The average molecular weight is 416 g/mol. The standard InChI is InChI=1S/C21H25N3O4S/c1-15-4-5-16(2)20(14-15)29(27,28)24-12-10-23(11-13-24)21(26)18-6-8-19(9-7-18)22-17(3)25/h4-9,14H,10-13H2,1-3H3,(H,22,25). The van der Waals surface area contributed by atoms with Crippen LogP contribution in [0.25, 0.3) is 0 Å². The third-order valence-electron chi connectivity index (χ3n) is 4.94. The number of nitrogens with zero attached hydrogens (tertiary/aromatic N) is 2. The maximum atomic E-state index is 13.0. The quantitative estimate of drug-likeness (QED) is 0.831. The molecule has 1 N–H and O–H groups in total. The smallest absolute Gasteiger partial charge is 0.253 e. The van der Waals surface area contributed by atoms with Crippen LogP contribution < -0.4 is 5.32 Å². The van der Waals surface area contributed by atoms with Crippen LogP contribution >= 0.6 is 0 Å². The van der Waals surface area contributed by atoms with E-state index in [1.807, 2.05) is 19.1 Å². The van der Waals surface area contributed by atoms with Gasteiger partial charge in [-0.15, -0.1) is 0 Å². The number of rotatable bonds is 4. The highest BCUT2D eigenvalue weighted by molar-refractivity contribution is 7.89. The molecule has 2 amide bonds. The molecule has 0 atom stereocenters. The SMILES string of the molecule is CC(=O)Nc1ccc(C(=O)N2CCN(S(=O)(=O)c3cc(C)ccc3C)CC2)cc1. The third-order valence-corrected chi connectivity index (χ3v) is 6.98. The van der Waals surface area contributed by atoms with Gasteiger partial charge in [0, 0.05) is 44.4 Å². The number of hydrogen-bond donors (Lipinski definition) is 1. The van der Waals surface area contributed by atoms with Crippen LogP contribution in [0.2, 0.25) is 0 Å². The van der Waals surface area contributed by atoms with Gasteiger partial charge in [0.25, 0.3) is 5.91 Å². The highest BCUT2D eigenvalue weighted by Crippen LogP contribution is 2.23. The van der Waals surface area contributed by atoms with Crippen LogP contribution in [0.15, 0.2) is 47.4 Å². The summed E-state index contributed by atoms with van der Waals surface area (Å²) in [5.41, 5.74) is 2.74. The lowest BCUT2D eigenvalue weighted by molar-refractivity contribution is -0.114. The second-order valence-corrected chi connectivity index (χ2v) is 9.13. The van der Waals surface area contributed by atoms with Crippen molar-refractivity contribution in [2.75, 3.05) is 31.5 Å². The fraction of sp³-hybridized carbons (Fsp3) is 0.333. The van der Waals surface area contributed by atoms with Gasteiger partial charge in [-0.25, -0.2) is 8.42 Å². The number of nitrogens with one attached hydrogen (secondary N) is 1. The number of hydrogen-bond acceptors (Lipinski definition) is 4. The second-order valence-electron chi connectivity index (χ2n) is 7.22. The van der Waals surface area contributed by atoms with Gasteiger partial charge in [-0.1, -0.05) is 12.1 Å². The van der Waals surface area contributed by atoms with Crippen molar-refractivity contribution in [2.24, 2.45) is 0 Å². The molecule has 0 spiro atoms. The summed E-state index contributed by atoms with van der Waals surface area (Å²) in [5.74, 6) is -0.326. The first kappa shape index (κ1) is 21.0. The zero-order valence-corrected chi connectivity index (χ0v) is 17.6. The van der Waals surface area contributed by atoms with Gasteiger partial charge < -0.3 is 10.2 Å². The molecule has 0 aliphatic carbocycles. The zero-order valence-electron chi connectivity index (χ0n) is 16.8. The molecule has 1 heterocycles. The van der Waals surface area contributed by atoms with E-state index in [2.05, 4.69) is 5.32 Å². The van der Waals surface area contributed by atoms with Crippen molar-refractivity contribution in [3.63, 3.8) is 0 Å². The van der Waals surface area contributed by atoms with Crippen molar-refractivity contribution >= 4 is 27.5 Å². The highest BCUT2D eigenvalue weighted by atomic mass is 32.2. The maximum absolute atomic E-state index is 13.0. The van der Waals surface area contributed by atoms with E-state index in [9.17, 15) is 18.0 Å². The van der Waals surface area contributed by atoms with Crippen molar-refractivity contribution in [3.8, 4) is 0 Å². The Bertz CT molecular complexity index is 1020. The van der Waals surface area contributed by atoms with Crippen molar-refractivity contribution < 1.29 is 18.0 Å². The molecule has 0 bridgehead atoms. The van der Waals surface area contributed by atoms with Gasteiger partial charge in [-0.3, -0.25) is 9.59 Å². The predicted octanol–water partition coefficient (Wildman–Crippen LogP) is 2.41. The molecule has 0 unspecified atom stereocenters. The Morgan fingerprint density at radius 2 is 1.55 bits per heavy atom. The molecule has 29 heavy (non-hydrogen) atoms. The van der Waals surface area contributed by atoms with Crippen molar-refractivity contribution in [2.45, 2.75) is 25.7 Å². The van der Waals surface area contributed by atoms with Gasteiger partial charge in [-0.05, 0) is 55.3 Å². The first-order valence-electron chi connectivity index (χ1n) is 9.43. The number of amides is 2. The number of piperazine rings is 1. The minimum Gasteiger partial charge on any atom is -0.336 e. The van der Waals surface area contributed by atoms with Gasteiger partial charge in [0.2, 0.25) is 15.9 Å². The Balaban J connectivity index is 1.67. The van der Waals surface area contributed by atoms with Crippen LogP contribution in [-0.4, -0.2) is 55.6 Å². The lowest BCUT2D eigenvalue weighted by Crippen LogP contribution is -2.50. The van der Waals surface area contributed by atoms with E-state index in [4.69, 9.17) is 0 Å². The molecule has 1 aliphatic rings. The molecule has 3 rings (SSSR count). The molecular formula is C21H25N3O4S. The van der Waals surface area contributed by atoms with Gasteiger partial charge in [0.1, 0.15) is 0 Å². The Labute approximate surface area is 171 Å². The number of carbonyl (C=O) groups excluding carboxylic acids is 2. The summed E-state index contributed by atoms with van der Waals surface area (Å²) in [4.78, 5) is 25.8. The van der Waals surface area contributed by atoms with E-state index in [1.54, 1.807) is 42.2 Å². The van der Waals surface area contributed by atoms with Crippen molar-refractivity contribution in [1.82, 2.24) is 9.21 Å². The van der Waals surface area contributed by atoms with E-state index < -0.39 is 10.0 Å². The first-order chi connectivity index (χ1) is 13.7. The van der Waals surface area contributed by atoms with E-state index in [1.165, 1.54) is 11.2 Å². The second kappa shape index (κ2) is 8.34. The maximum Gasteiger partial charge on any atom is 0.253 e. The Hall–Kier alpha value is -2.71. The summed E-state index contributed by atoms with van der Waals surface area (Å²) in [5, 5.41) is 2.66. The number of aryl methyl sites for hydroxylation is 2. The Morgan fingerprint density at radius 1 is 0.931 bits per heavy atom. The van der Waals surface area contributed by atoms with Crippen LogP contribution in [0.3, 0.4) is 0 Å². The molecule has 8 heteroatoms. The zero-order chi connectivity index (χ0) is 21.2. The molecule has 2 aromatic rings. The van der Waals surface area contributed by atoms with Crippen LogP contribution in [0.5, 0.6) is 0 Å². The Morgan fingerprint density at radius 3 is 2.14 bits per heavy atom. The van der Waals surface area contributed by atoms with E-state index in [-0.39, 0.29) is 24.9 Å². The van der Waals surface area contributed by atoms with Gasteiger partial charge >= 0.3 is 0 Å². The summed E-state index contributed by atoms with van der Waals surface area (Å²) in [6.07, 6.45) is 0. The van der Waals surface area contributed by atoms with Crippen molar-refractivity contribution in [3.05, 3.63) is 59.2 Å². The molecule has 1 fully saturated rings. The molecule has 7 nitrogen and oxygen atoms in total. The summed E-state index contributed by atoms with van der Waals surface area (Å²) in [6.45, 7) is 6.25. The highest BCUT2D eigenvalue weighted by Gasteiger charge is 2.31. The lowest BCUT2D eigenvalue weighted by Gasteiger charge is -2.34. The summed E-state index contributed by atoms with van der Waals surface area (Å²) >= 11 is 0. The normalized spacial score (nSPS) is 15.2. The molecule has 1 aliphatic heterocycles. The number of benzene rings is 2. The van der Waals surface area contributed by atoms with Gasteiger partial charge in [0.15, 0.2) is 0 Å².